The number of phenols is 1. The van der Waals surface area contributed by atoms with Gasteiger partial charge < -0.3 is 14.6 Å². The van der Waals surface area contributed by atoms with E-state index in [0.29, 0.717) is 22.3 Å². The number of rotatable bonds is 3. The van der Waals surface area contributed by atoms with Crippen LogP contribution in [0.25, 0.3) is 66.1 Å². The van der Waals surface area contributed by atoms with Crippen molar-refractivity contribution in [3.63, 3.8) is 0 Å². The van der Waals surface area contributed by atoms with Crippen LogP contribution in [-0.4, -0.2) is 16.2 Å². The highest BCUT2D eigenvalue weighted by Gasteiger charge is 2.25. The van der Waals surface area contributed by atoms with Crippen LogP contribution in [0.5, 0.6) is 5.75 Å². The molecule has 0 amide bonds. The SMILES string of the molecule is Cc1c2ccccc2c(-c2cc3c(-c4ccccc4C(=O)O)c4cc(F)c(O)cc4oc-3cc2=O)c2ccccc12. The molecular weight excluding hydrogens is 519 g/mol. The van der Waals surface area contributed by atoms with Crippen LogP contribution < -0.4 is 5.43 Å². The molecule has 2 aliphatic rings. The lowest BCUT2D eigenvalue weighted by molar-refractivity contribution is 0.0697. The number of carboxylic acid groups (broad SMARTS) is 1. The Kier molecular flexibility index (Phi) is 5.41. The van der Waals surface area contributed by atoms with E-state index in [4.69, 9.17) is 4.42 Å². The van der Waals surface area contributed by atoms with Crippen molar-refractivity contribution in [2.24, 2.45) is 0 Å². The number of phenolic OH excluding ortho intramolecular Hbond substituents is 1. The van der Waals surface area contributed by atoms with Gasteiger partial charge in [0.1, 0.15) is 11.3 Å². The van der Waals surface area contributed by atoms with Crippen molar-refractivity contribution in [2.45, 2.75) is 6.92 Å². The molecule has 41 heavy (non-hydrogen) atoms. The Morgan fingerprint density at radius 2 is 1.32 bits per heavy atom. The first-order chi connectivity index (χ1) is 19.8. The molecule has 0 saturated heterocycles. The van der Waals surface area contributed by atoms with Gasteiger partial charge in [-0.2, -0.15) is 0 Å². The van der Waals surface area contributed by atoms with E-state index in [9.17, 15) is 24.2 Å². The number of aromatic carboxylic acids is 1. The average Bonchev–Trinajstić information content (AvgIpc) is 2.97. The number of fused-ring (bicyclic) bond motifs is 4. The fourth-order valence-corrected chi connectivity index (χ4v) is 5.94. The summed E-state index contributed by atoms with van der Waals surface area (Å²) in [7, 11) is 0. The molecule has 0 spiro atoms. The molecular formula is C35H21FO5. The predicted molar refractivity (Wildman–Crippen MR) is 158 cm³/mol. The van der Waals surface area contributed by atoms with Crippen molar-refractivity contribution in [3.05, 3.63) is 124 Å². The van der Waals surface area contributed by atoms with Gasteiger partial charge in [0.25, 0.3) is 0 Å². The zero-order valence-electron chi connectivity index (χ0n) is 21.7. The maximum absolute atomic E-state index is 14.7. The van der Waals surface area contributed by atoms with Crippen LogP contribution in [0.15, 0.2) is 106 Å². The number of carboxylic acids is 1. The van der Waals surface area contributed by atoms with Gasteiger partial charge in [-0.3, -0.25) is 4.79 Å². The van der Waals surface area contributed by atoms with E-state index in [2.05, 4.69) is 6.92 Å². The van der Waals surface area contributed by atoms with Gasteiger partial charge >= 0.3 is 5.97 Å². The second-order valence-corrected chi connectivity index (χ2v) is 10.1. The molecule has 5 aromatic rings. The Balaban J connectivity index is 1.69. The molecule has 6 heteroatoms. The van der Waals surface area contributed by atoms with E-state index in [0.717, 1.165) is 44.8 Å². The number of hydrogen-bond acceptors (Lipinski definition) is 4. The smallest absolute Gasteiger partial charge is 0.336 e. The van der Waals surface area contributed by atoms with Crippen LogP contribution >= 0.6 is 0 Å². The van der Waals surface area contributed by atoms with Gasteiger partial charge in [0, 0.05) is 39.8 Å². The second-order valence-electron chi connectivity index (χ2n) is 10.1. The van der Waals surface area contributed by atoms with Crippen LogP contribution in [0.3, 0.4) is 0 Å². The highest BCUT2D eigenvalue weighted by atomic mass is 19.1. The largest absolute Gasteiger partial charge is 0.505 e. The van der Waals surface area contributed by atoms with Crippen LogP contribution in [0.2, 0.25) is 0 Å². The summed E-state index contributed by atoms with van der Waals surface area (Å²) >= 11 is 0. The molecule has 0 unspecified atom stereocenters. The molecule has 0 aromatic heterocycles. The lowest BCUT2D eigenvalue weighted by Gasteiger charge is -2.19. The molecule has 0 saturated carbocycles. The molecule has 5 aromatic carbocycles. The first-order valence-corrected chi connectivity index (χ1v) is 13.0. The van der Waals surface area contributed by atoms with Crippen LogP contribution in [-0.2, 0) is 0 Å². The monoisotopic (exact) mass is 540 g/mol. The summed E-state index contributed by atoms with van der Waals surface area (Å²) in [5.74, 6) is -2.46. The minimum absolute atomic E-state index is 0.00812. The zero-order valence-corrected chi connectivity index (χ0v) is 21.7. The van der Waals surface area contributed by atoms with E-state index in [-0.39, 0.29) is 27.7 Å². The Labute approximate surface area is 232 Å². The van der Waals surface area contributed by atoms with E-state index < -0.39 is 17.5 Å². The van der Waals surface area contributed by atoms with Crippen molar-refractivity contribution in [1.82, 2.24) is 0 Å². The van der Waals surface area contributed by atoms with Crippen LogP contribution in [0.4, 0.5) is 4.39 Å². The normalized spacial score (nSPS) is 11.6. The summed E-state index contributed by atoms with van der Waals surface area (Å²) in [6, 6.07) is 27.6. The number of carbonyl (C=O) groups is 1. The lowest BCUT2D eigenvalue weighted by atomic mass is 9.85. The van der Waals surface area contributed by atoms with E-state index in [1.54, 1.807) is 24.3 Å². The Hall–Kier alpha value is -5.49. The molecule has 0 atom stereocenters. The van der Waals surface area contributed by atoms with Gasteiger partial charge in [0.05, 0.1) is 5.56 Å². The molecule has 5 nitrogen and oxygen atoms in total. The molecule has 1 aliphatic carbocycles. The fraction of sp³-hybridized carbons (Fsp3) is 0.0286. The fourth-order valence-electron chi connectivity index (χ4n) is 5.94. The highest BCUT2D eigenvalue weighted by Crippen LogP contribution is 2.45. The van der Waals surface area contributed by atoms with Gasteiger partial charge in [-0.1, -0.05) is 66.7 Å². The van der Waals surface area contributed by atoms with Crippen molar-refractivity contribution >= 4 is 38.5 Å². The number of aromatic hydroxyl groups is 1. The van der Waals surface area contributed by atoms with Crippen molar-refractivity contribution in [3.8, 4) is 39.3 Å². The van der Waals surface area contributed by atoms with E-state index in [1.807, 2.05) is 48.5 Å². The maximum atomic E-state index is 14.7. The molecule has 0 radical (unpaired) electrons. The van der Waals surface area contributed by atoms with Crippen LogP contribution in [0.1, 0.15) is 15.9 Å². The van der Waals surface area contributed by atoms with Crippen molar-refractivity contribution in [2.75, 3.05) is 0 Å². The molecule has 0 bridgehead atoms. The van der Waals surface area contributed by atoms with Gasteiger partial charge in [0.15, 0.2) is 17.0 Å². The van der Waals surface area contributed by atoms with Gasteiger partial charge in [-0.15, -0.1) is 0 Å². The Morgan fingerprint density at radius 1 is 0.707 bits per heavy atom. The zero-order chi connectivity index (χ0) is 28.4. The van der Waals surface area contributed by atoms with Crippen LogP contribution in [0, 0.1) is 12.7 Å². The topological polar surface area (TPSA) is 87.7 Å². The predicted octanol–water partition coefficient (Wildman–Crippen LogP) is 8.39. The molecule has 1 aliphatic heterocycles. The minimum atomic E-state index is -1.15. The highest BCUT2D eigenvalue weighted by molar-refractivity contribution is 6.16. The summed E-state index contributed by atoms with van der Waals surface area (Å²) in [6.45, 7) is 2.06. The summed E-state index contributed by atoms with van der Waals surface area (Å²) < 4.78 is 20.8. The maximum Gasteiger partial charge on any atom is 0.336 e. The number of halogens is 1. The van der Waals surface area contributed by atoms with E-state index >= 15 is 0 Å². The summed E-state index contributed by atoms with van der Waals surface area (Å²) in [4.78, 5) is 26.1. The van der Waals surface area contributed by atoms with Gasteiger partial charge in [-0.25, -0.2) is 9.18 Å². The third-order valence-electron chi connectivity index (χ3n) is 7.79. The number of aryl methyl sites for hydroxylation is 1. The molecule has 0 fully saturated rings. The summed E-state index contributed by atoms with van der Waals surface area (Å²) in [5.41, 5.74) is 3.26. The second kappa shape index (κ2) is 9.03. The van der Waals surface area contributed by atoms with Gasteiger partial charge in [0.2, 0.25) is 0 Å². The molecule has 198 valence electrons. The minimum Gasteiger partial charge on any atom is -0.505 e. The molecule has 1 heterocycles. The molecule has 7 rings (SSSR count). The third-order valence-corrected chi connectivity index (χ3v) is 7.79. The van der Waals surface area contributed by atoms with Crippen molar-refractivity contribution in [1.29, 1.82) is 0 Å². The van der Waals surface area contributed by atoms with Gasteiger partial charge in [-0.05, 0) is 57.8 Å². The van der Waals surface area contributed by atoms with Crippen molar-refractivity contribution < 1.29 is 23.8 Å². The number of benzene rings is 6. The number of hydrogen-bond donors (Lipinski definition) is 2. The lowest BCUT2D eigenvalue weighted by Crippen LogP contribution is -2.08. The summed E-state index contributed by atoms with van der Waals surface area (Å²) in [6.07, 6.45) is 0. The summed E-state index contributed by atoms with van der Waals surface area (Å²) in [5, 5.41) is 24.2. The Morgan fingerprint density at radius 3 is 1.98 bits per heavy atom. The Bertz CT molecular complexity index is 2190. The average molecular weight is 541 g/mol. The quantitative estimate of drug-likeness (QED) is 0.220. The third kappa shape index (κ3) is 3.68. The first-order valence-electron chi connectivity index (χ1n) is 13.0. The molecule has 2 N–H and O–H groups in total. The van der Waals surface area contributed by atoms with E-state index in [1.165, 1.54) is 12.1 Å². The standard InChI is InChI=1S/C35H21FO5/c1-18-19-8-2-4-10-21(19)33(22-11-5-3-9-20(18)22)25-14-26-31(16-29(25)37)41-32-17-30(38)28(36)15-27(32)34(26)23-12-6-7-13-24(23)35(39)40/h2-17,38H,1H3,(H,39,40). The first kappa shape index (κ1) is 24.5.